The van der Waals surface area contributed by atoms with Gasteiger partial charge in [0.2, 0.25) is 10.0 Å². The number of hydrogen-bond donors (Lipinski definition) is 2. The number of sulfonamides is 1. The molecule has 1 atom stereocenters. The van der Waals surface area contributed by atoms with Gasteiger partial charge in [0.1, 0.15) is 13.1 Å². The summed E-state index contributed by atoms with van der Waals surface area (Å²) in [6, 6.07) is 0. The van der Waals surface area contributed by atoms with Crippen molar-refractivity contribution in [3.8, 4) is 0 Å². The van der Waals surface area contributed by atoms with Gasteiger partial charge in [-0.1, -0.05) is 13.8 Å². The summed E-state index contributed by atoms with van der Waals surface area (Å²) < 4.78 is 42.7. The van der Waals surface area contributed by atoms with Crippen molar-refractivity contribution < 1.29 is 27.5 Å². The fourth-order valence-electron chi connectivity index (χ4n) is 2.25. The van der Waals surface area contributed by atoms with Crippen LogP contribution < -0.4 is 4.90 Å². The maximum absolute atomic E-state index is 12.1. The Morgan fingerprint density at radius 1 is 1.25 bits per heavy atom. The van der Waals surface area contributed by atoms with E-state index in [0.717, 1.165) is 4.90 Å². The van der Waals surface area contributed by atoms with E-state index in [0.29, 0.717) is 39.4 Å². The van der Waals surface area contributed by atoms with Crippen molar-refractivity contribution in [2.24, 2.45) is 0 Å². The largest absolute Gasteiger partial charge is 0.370 e. The fourth-order valence-corrected chi connectivity index (χ4v) is 6.53. The molecule has 0 aromatic heterocycles. The molecule has 1 unspecified atom stereocenters. The first kappa shape index (κ1) is 18.1. The van der Waals surface area contributed by atoms with Crippen LogP contribution in [0.3, 0.4) is 0 Å². The second-order valence-corrected chi connectivity index (χ2v) is 9.54. The average molecular weight is 329 g/mol. The van der Waals surface area contributed by atoms with Crippen LogP contribution >= 0.6 is 7.37 Å². The highest BCUT2D eigenvalue weighted by Crippen LogP contribution is 2.37. The first-order valence-corrected chi connectivity index (χ1v) is 10.6. The smallest absolute Gasteiger partial charge is 0.254 e. The van der Waals surface area contributed by atoms with Gasteiger partial charge in [-0.05, 0) is 0 Å². The number of quaternary nitrogens is 1. The minimum atomic E-state index is -3.43. The van der Waals surface area contributed by atoms with Gasteiger partial charge in [0, 0.05) is 19.3 Å². The predicted molar refractivity (Wildman–Crippen MR) is 77.8 cm³/mol. The molecule has 1 aliphatic heterocycles. The third kappa shape index (κ3) is 5.79. The van der Waals surface area contributed by atoms with E-state index in [9.17, 15) is 17.9 Å². The van der Waals surface area contributed by atoms with Gasteiger partial charge in [-0.3, -0.25) is 4.57 Å². The van der Waals surface area contributed by atoms with Gasteiger partial charge in [0.05, 0.1) is 19.0 Å². The molecule has 1 rings (SSSR count). The summed E-state index contributed by atoms with van der Waals surface area (Å²) in [7, 11) is -6.85. The van der Waals surface area contributed by atoms with Gasteiger partial charge < -0.3 is 14.5 Å². The minimum absolute atomic E-state index is 0.129. The number of rotatable bonds is 8. The fraction of sp³-hybridized carbons (Fsp3) is 1.00. The zero-order valence-electron chi connectivity index (χ0n) is 12.2. The lowest BCUT2D eigenvalue weighted by Crippen LogP contribution is -3.13. The molecule has 7 nitrogen and oxygen atoms in total. The SMILES string of the molecule is CCN(CC)S(=O)(=O)CCP(=O)(O)C[NH+]1CCOCC1. The first-order chi connectivity index (χ1) is 9.30. The van der Waals surface area contributed by atoms with Crippen LogP contribution in [0.5, 0.6) is 0 Å². The average Bonchev–Trinajstić information content (AvgIpc) is 2.38. The molecule has 0 amide bonds. The third-order valence-electron chi connectivity index (χ3n) is 3.47. The molecule has 9 heteroatoms. The Morgan fingerprint density at radius 3 is 2.30 bits per heavy atom. The molecule has 1 heterocycles. The zero-order valence-corrected chi connectivity index (χ0v) is 14.0. The van der Waals surface area contributed by atoms with E-state index in [1.807, 2.05) is 0 Å². The second kappa shape index (κ2) is 7.87. The minimum Gasteiger partial charge on any atom is -0.370 e. The van der Waals surface area contributed by atoms with E-state index in [4.69, 9.17) is 4.74 Å². The third-order valence-corrected chi connectivity index (χ3v) is 7.66. The first-order valence-electron chi connectivity index (χ1n) is 7.00. The molecule has 120 valence electrons. The van der Waals surface area contributed by atoms with E-state index >= 15 is 0 Å². The lowest BCUT2D eigenvalue weighted by Gasteiger charge is -2.26. The van der Waals surface area contributed by atoms with Crippen LogP contribution in [0.2, 0.25) is 0 Å². The summed E-state index contributed by atoms with van der Waals surface area (Å²) in [5.41, 5.74) is 0. The van der Waals surface area contributed by atoms with Gasteiger partial charge in [0.15, 0.2) is 6.29 Å². The van der Waals surface area contributed by atoms with E-state index in [1.54, 1.807) is 13.8 Å². The standard InChI is InChI=1S/C11H25N2O5PS/c1-3-13(4-2)20(16,17)10-9-19(14,15)11-12-5-7-18-8-6-12/h3-11H2,1-2H3,(H,14,15)/p+1. The Hall–Kier alpha value is 0.0200. The lowest BCUT2D eigenvalue weighted by molar-refractivity contribution is -0.897. The van der Waals surface area contributed by atoms with E-state index in [-0.39, 0.29) is 18.2 Å². The molecule has 1 aliphatic rings. The summed E-state index contributed by atoms with van der Waals surface area (Å²) in [4.78, 5) is 11.0. The molecular formula is C11H26N2O5PS+. The summed E-state index contributed by atoms with van der Waals surface area (Å²) in [6.45, 7) is 6.89. The monoisotopic (exact) mass is 329 g/mol. The Labute approximate surface area is 121 Å². The van der Waals surface area contributed by atoms with Crippen LogP contribution in [0.15, 0.2) is 0 Å². The molecule has 0 radical (unpaired) electrons. The quantitative estimate of drug-likeness (QED) is 0.546. The van der Waals surface area contributed by atoms with Gasteiger partial charge in [-0.25, -0.2) is 12.7 Å². The number of hydrogen-bond acceptors (Lipinski definition) is 4. The van der Waals surface area contributed by atoms with Crippen LogP contribution in [-0.4, -0.2) is 75.2 Å². The normalized spacial score (nSPS) is 21.0. The number of morpholine rings is 1. The molecule has 0 aromatic carbocycles. The Bertz CT molecular complexity index is 432. The topological polar surface area (TPSA) is 88.4 Å². The van der Waals surface area contributed by atoms with Crippen molar-refractivity contribution in [3.05, 3.63) is 0 Å². The molecule has 0 bridgehead atoms. The van der Waals surface area contributed by atoms with E-state index < -0.39 is 17.4 Å². The van der Waals surface area contributed by atoms with Crippen molar-refractivity contribution in [1.29, 1.82) is 0 Å². The highest BCUT2D eigenvalue weighted by molar-refractivity contribution is 7.89. The van der Waals surface area contributed by atoms with Gasteiger partial charge in [-0.15, -0.1) is 0 Å². The summed E-state index contributed by atoms with van der Waals surface area (Å²) in [6.07, 6.45) is -0.0413. The zero-order chi connectivity index (χ0) is 15.2. The summed E-state index contributed by atoms with van der Waals surface area (Å²) >= 11 is 0. The predicted octanol–water partition coefficient (Wildman–Crippen LogP) is -1.20. The van der Waals surface area contributed by atoms with Crippen LogP contribution in [0.1, 0.15) is 13.8 Å². The highest BCUT2D eigenvalue weighted by Gasteiger charge is 2.30. The van der Waals surface area contributed by atoms with Crippen molar-refractivity contribution in [3.63, 3.8) is 0 Å². The molecule has 1 saturated heterocycles. The van der Waals surface area contributed by atoms with Crippen molar-refractivity contribution >= 4 is 17.4 Å². The van der Waals surface area contributed by atoms with Gasteiger partial charge in [-0.2, -0.15) is 0 Å². The molecule has 0 aliphatic carbocycles. The highest BCUT2D eigenvalue weighted by atomic mass is 32.2. The van der Waals surface area contributed by atoms with E-state index in [2.05, 4.69) is 0 Å². The second-order valence-electron chi connectivity index (χ2n) is 4.99. The van der Waals surface area contributed by atoms with Gasteiger partial charge >= 0.3 is 0 Å². The number of nitrogens with one attached hydrogen (secondary N) is 1. The van der Waals surface area contributed by atoms with Crippen molar-refractivity contribution in [1.82, 2.24) is 4.31 Å². The number of ether oxygens (including phenoxy) is 1. The maximum atomic E-state index is 12.1. The number of nitrogens with zero attached hydrogens (tertiary/aromatic N) is 1. The summed E-state index contributed by atoms with van der Waals surface area (Å²) in [5, 5.41) is 0. The van der Waals surface area contributed by atoms with Crippen LogP contribution in [0.25, 0.3) is 0 Å². The molecular weight excluding hydrogens is 303 g/mol. The van der Waals surface area contributed by atoms with Crippen LogP contribution in [0.4, 0.5) is 0 Å². The molecule has 1 fully saturated rings. The van der Waals surface area contributed by atoms with Crippen molar-refractivity contribution in [2.75, 3.05) is 57.6 Å². The molecule has 0 spiro atoms. The lowest BCUT2D eigenvalue weighted by atomic mass is 10.5. The molecule has 20 heavy (non-hydrogen) atoms. The molecule has 2 N–H and O–H groups in total. The maximum Gasteiger partial charge on any atom is 0.254 e. The molecule has 0 aromatic rings. The van der Waals surface area contributed by atoms with E-state index in [1.165, 1.54) is 4.31 Å². The molecule has 0 saturated carbocycles. The Morgan fingerprint density at radius 2 is 1.80 bits per heavy atom. The Kier molecular flexibility index (Phi) is 7.11. The van der Waals surface area contributed by atoms with Crippen LogP contribution in [-0.2, 0) is 19.3 Å². The Balaban J connectivity index is 2.51. The summed E-state index contributed by atoms with van der Waals surface area (Å²) in [5.74, 6) is -0.258. The van der Waals surface area contributed by atoms with Crippen molar-refractivity contribution in [2.45, 2.75) is 13.8 Å². The van der Waals surface area contributed by atoms with Gasteiger partial charge in [0.25, 0.3) is 7.37 Å². The van der Waals surface area contributed by atoms with Crippen LogP contribution in [0, 0.1) is 0 Å².